The third-order valence-electron chi connectivity index (χ3n) is 5.19. The van der Waals surface area contributed by atoms with Gasteiger partial charge < -0.3 is 0 Å². The summed E-state index contributed by atoms with van der Waals surface area (Å²) >= 11 is 3.47. The van der Waals surface area contributed by atoms with Crippen LogP contribution < -0.4 is 0 Å². The molecular weight excluding hydrogens is 377 g/mol. The maximum Gasteiger partial charge on any atom is 0.396 e. The largest absolute Gasteiger partial charge is 0.396 e. The molecule has 0 saturated heterocycles. The first-order valence-electron chi connectivity index (χ1n) is 8.06. The summed E-state index contributed by atoms with van der Waals surface area (Å²) in [5.41, 5.74) is 3.46. The SMILES string of the molecule is CC1C=CC2=C(CCc3c2ccc2cc(Br)ccc32)C1C(F)(F)F. The van der Waals surface area contributed by atoms with Crippen molar-refractivity contribution >= 4 is 32.3 Å². The molecule has 2 aromatic carbocycles. The Morgan fingerprint density at radius 3 is 2.62 bits per heavy atom. The summed E-state index contributed by atoms with van der Waals surface area (Å²) in [5, 5.41) is 2.26. The lowest BCUT2D eigenvalue weighted by Crippen LogP contribution is -2.33. The van der Waals surface area contributed by atoms with Crippen LogP contribution in [0.15, 0.2) is 52.5 Å². The molecule has 2 unspecified atom stereocenters. The van der Waals surface area contributed by atoms with E-state index in [4.69, 9.17) is 0 Å². The van der Waals surface area contributed by atoms with E-state index in [0.717, 1.165) is 26.4 Å². The Morgan fingerprint density at radius 1 is 1.08 bits per heavy atom. The highest BCUT2D eigenvalue weighted by Gasteiger charge is 2.47. The third kappa shape index (κ3) is 2.43. The summed E-state index contributed by atoms with van der Waals surface area (Å²) < 4.78 is 41.7. The van der Waals surface area contributed by atoms with Crippen LogP contribution in [0.2, 0.25) is 0 Å². The number of allylic oxidation sites excluding steroid dienone is 4. The molecule has 0 heterocycles. The van der Waals surface area contributed by atoms with Gasteiger partial charge in [-0.05, 0) is 63.9 Å². The van der Waals surface area contributed by atoms with E-state index in [1.807, 2.05) is 24.3 Å². The molecule has 4 heteroatoms. The fourth-order valence-electron chi connectivity index (χ4n) is 4.15. The van der Waals surface area contributed by atoms with Gasteiger partial charge in [0.1, 0.15) is 0 Å². The van der Waals surface area contributed by atoms with Crippen molar-refractivity contribution in [2.45, 2.75) is 25.9 Å². The molecule has 0 fully saturated rings. The van der Waals surface area contributed by atoms with Gasteiger partial charge in [-0.15, -0.1) is 0 Å². The number of hydrogen-bond acceptors (Lipinski definition) is 0. The van der Waals surface area contributed by atoms with E-state index in [0.29, 0.717) is 18.4 Å². The predicted molar refractivity (Wildman–Crippen MR) is 94.7 cm³/mol. The quantitative estimate of drug-likeness (QED) is 0.468. The fraction of sp³-hybridized carbons (Fsp3) is 0.300. The Bertz CT molecular complexity index is 890. The molecule has 0 nitrogen and oxygen atoms in total. The molecule has 0 bridgehead atoms. The molecule has 0 saturated carbocycles. The van der Waals surface area contributed by atoms with Gasteiger partial charge in [0.15, 0.2) is 0 Å². The van der Waals surface area contributed by atoms with Crippen molar-refractivity contribution in [1.29, 1.82) is 0 Å². The van der Waals surface area contributed by atoms with Crippen molar-refractivity contribution in [2.24, 2.45) is 11.8 Å². The van der Waals surface area contributed by atoms with Crippen LogP contribution in [0.25, 0.3) is 16.3 Å². The van der Waals surface area contributed by atoms with Crippen molar-refractivity contribution in [3.63, 3.8) is 0 Å². The van der Waals surface area contributed by atoms with Crippen LogP contribution in [0.5, 0.6) is 0 Å². The lowest BCUT2D eigenvalue weighted by atomic mass is 9.71. The maximum absolute atomic E-state index is 13.6. The zero-order chi connectivity index (χ0) is 17.1. The second-order valence-electron chi connectivity index (χ2n) is 6.63. The first-order valence-corrected chi connectivity index (χ1v) is 8.85. The molecule has 2 aliphatic rings. The van der Waals surface area contributed by atoms with E-state index in [-0.39, 0.29) is 0 Å². The standard InChI is InChI=1S/C20H16BrF3/c1-11-2-5-17-16-6-3-12-10-13(21)4-7-14(12)15(16)8-9-18(17)19(11)20(22,23)24/h2-7,10-11,19H,8-9H2,1H3. The number of halogens is 4. The lowest BCUT2D eigenvalue weighted by molar-refractivity contribution is -0.172. The number of fused-ring (bicyclic) bond motifs is 4. The second-order valence-corrected chi connectivity index (χ2v) is 7.55. The fourth-order valence-corrected chi connectivity index (χ4v) is 4.52. The summed E-state index contributed by atoms with van der Waals surface area (Å²) in [4.78, 5) is 0. The minimum Gasteiger partial charge on any atom is -0.170 e. The van der Waals surface area contributed by atoms with Gasteiger partial charge in [0.25, 0.3) is 0 Å². The number of rotatable bonds is 0. The molecule has 4 rings (SSSR count). The topological polar surface area (TPSA) is 0 Å². The van der Waals surface area contributed by atoms with E-state index < -0.39 is 18.0 Å². The van der Waals surface area contributed by atoms with Gasteiger partial charge in [0.05, 0.1) is 5.92 Å². The van der Waals surface area contributed by atoms with Crippen molar-refractivity contribution < 1.29 is 13.2 Å². The van der Waals surface area contributed by atoms with E-state index >= 15 is 0 Å². The zero-order valence-electron chi connectivity index (χ0n) is 13.1. The average molecular weight is 393 g/mol. The van der Waals surface area contributed by atoms with Gasteiger partial charge in [-0.25, -0.2) is 0 Å². The Labute approximate surface area is 147 Å². The van der Waals surface area contributed by atoms with Crippen LogP contribution >= 0.6 is 15.9 Å². The van der Waals surface area contributed by atoms with Gasteiger partial charge in [-0.1, -0.05) is 53.2 Å². The number of aryl methyl sites for hydroxylation is 1. The summed E-state index contributed by atoms with van der Waals surface area (Å²) in [5.74, 6) is -1.85. The highest BCUT2D eigenvalue weighted by molar-refractivity contribution is 9.10. The van der Waals surface area contributed by atoms with Crippen molar-refractivity contribution in [3.8, 4) is 0 Å². The van der Waals surface area contributed by atoms with E-state index in [1.165, 1.54) is 5.56 Å². The van der Waals surface area contributed by atoms with Crippen LogP contribution in [0.4, 0.5) is 13.2 Å². The van der Waals surface area contributed by atoms with Crippen molar-refractivity contribution in [3.05, 3.63) is 63.7 Å². The smallest absolute Gasteiger partial charge is 0.170 e. The Morgan fingerprint density at radius 2 is 1.88 bits per heavy atom. The zero-order valence-corrected chi connectivity index (χ0v) is 14.7. The summed E-state index contributed by atoms with van der Waals surface area (Å²) in [6.07, 6.45) is 0.559. The molecule has 0 radical (unpaired) electrons. The second kappa shape index (κ2) is 5.48. The first-order chi connectivity index (χ1) is 11.4. The molecule has 0 spiro atoms. The Hall–Kier alpha value is -1.55. The van der Waals surface area contributed by atoms with Gasteiger partial charge in [-0.3, -0.25) is 0 Å². The minimum absolute atomic E-state index is 0.483. The molecular formula is C20H16BrF3. The molecule has 2 aliphatic carbocycles. The van der Waals surface area contributed by atoms with Gasteiger partial charge in [-0.2, -0.15) is 13.2 Å². The van der Waals surface area contributed by atoms with E-state index in [1.54, 1.807) is 13.0 Å². The molecule has 0 aromatic heterocycles. The van der Waals surface area contributed by atoms with E-state index in [2.05, 4.69) is 28.1 Å². The molecule has 0 N–H and O–H groups in total. The van der Waals surface area contributed by atoms with Crippen LogP contribution in [-0.4, -0.2) is 6.18 Å². The molecule has 2 atom stereocenters. The molecule has 0 aliphatic heterocycles. The summed E-state index contributed by atoms with van der Waals surface area (Å²) in [7, 11) is 0. The molecule has 24 heavy (non-hydrogen) atoms. The lowest BCUT2D eigenvalue weighted by Gasteiger charge is -2.35. The molecule has 0 amide bonds. The minimum atomic E-state index is -4.19. The van der Waals surface area contributed by atoms with Crippen LogP contribution in [-0.2, 0) is 6.42 Å². The average Bonchev–Trinajstić information content (AvgIpc) is 2.52. The molecule has 2 aromatic rings. The maximum atomic E-state index is 13.6. The number of benzene rings is 2. The van der Waals surface area contributed by atoms with Crippen LogP contribution in [0.1, 0.15) is 24.5 Å². The van der Waals surface area contributed by atoms with Crippen molar-refractivity contribution in [1.82, 2.24) is 0 Å². The van der Waals surface area contributed by atoms with Crippen molar-refractivity contribution in [2.75, 3.05) is 0 Å². The van der Waals surface area contributed by atoms with E-state index in [9.17, 15) is 13.2 Å². The number of alkyl halides is 3. The molecule has 124 valence electrons. The normalized spacial score (nSPS) is 23.4. The van der Waals surface area contributed by atoms with Crippen LogP contribution in [0, 0.1) is 11.8 Å². The number of hydrogen-bond donors (Lipinski definition) is 0. The highest BCUT2D eigenvalue weighted by atomic mass is 79.9. The Balaban J connectivity index is 1.93. The van der Waals surface area contributed by atoms with Gasteiger partial charge in [0, 0.05) is 4.47 Å². The van der Waals surface area contributed by atoms with Gasteiger partial charge >= 0.3 is 6.18 Å². The third-order valence-corrected chi connectivity index (χ3v) is 5.69. The summed E-state index contributed by atoms with van der Waals surface area (Å²) in [6.45, 7) is 1.66. The van der Waals surface area contributed by atoms with Gasteiger partial charge in [0.2, 0.25) is 0 Å². The van der Waals surface area contributed by atoms with Crippen LogP contribution in [0.3, 0.4) is 0 Å². The summed E-state index contributed by atoms with van der Waals surface area (Å²) in [6, 6.07) is 10.1. The predicted octanol–water partition coefficient (Wildman–Crippen LogP) is 6.69. The monoisotopic (exact) mass is 392 g/mol. The highest BCUT2D eigenvalue weighted by Crippen LogP contribution is 2.49. The first kappa shape index (κ1) is 15.9. The Kier molecular flexibility index (Phi) is 3.64.